The van der Waals surface area contributed by atoms with E-state index in [4.69, 9.17) is 0 Å². The lowest BCUT2D eigenvalue weighted by atomic mass is 10.1. The van der Waals surface area contributed by atoms with Gasteiger partial charge in [0.2, 0.25) is 0 Å². The van der Waals surface area contributed by atoms with Crippen LogP contribution in [-0.2, 0) is 9.53 Å². The molecule has 0 heterocycles. The van der Waals surface area contributed by atoms with Crippen LogP contribution >= 0.6 is 0 Å². The van der Waals surface area contributed by atoms with E-state index in [0.29, 0.717) is 6.42 Å². The maximum absolute atomic E-state index is 10.8. The molecule has 0 bridgehead atoms. The molecule has 0 aromatic heterocycles. The Morgan fingerprint density at radius 1 is 1.41 bits per heavy atom. The molecule has 0 amide bonds. The first-order chi connectivity index (χ1) is 8.22. The number of carbonyl (C=O) groups is 1. The topological polar surface area (TPSA) is 46.5 Å². The third kappa shape index (κ3) is 5.68. The third-order valence-electron chi connectivity index (χ3n) is 2.14. The smallest absolute Gasteiger partial charge is 0.330 e. The summed E-state index contributed by atoms with van der Waals surface area (Å²) < 4.78 is 4.44. The summed E-state index contributed by atoms with van der Waals surface area (Å²) in [6, 6.07) is 9.71. The summed E-state index contributed by atoms with van der Waals surface area (Å²) in [5.74, 6) is -0.413. The Labute approximate surface area is 101 Å². The Balaban J connectivity index is 2.39. The Morgan fingerprint density at radius 3 is 2.76 bits per heavy atom. The first-order valence-corrected chi connectivity index (χ1v) is 5.38. The van der Waals surface area contributed by atoms with Gasteiger partial charge in [-0.05, 0) is 12.0 Å². The number of hydrogen-bond acceptors (Lipinski definition) is 3. The number of aliphatic hydroxyl groups is 1. The first kappa shape index (κ1) is 13.2. The Morgan fingerprint density at radius 2 is 2.12 bits per heavy atom. The molecule has 0 unspecified atom stereocenters. The molecular weight excluding hydrogens is 216 g/mol. The van der Waals surface area contributed by atoms with Crippen molar-refractivity contribution < 1.29 is 14.6 Å². The molecule has 1 N–H and O–H groups in total. The average molecular weight is 232 g/mol. The Hall–Kier alpha value is -1.87. The number of ether oxygens (including phenoxy) is 1. The molecule has 3 heteroatoms. The number of methoxy groups -OCH3 is 1. The summed E-state index contributed by atoms with van der Waals surface area (Å²) in [6.07, 6.45) is 6.22. The minimum absolute atomic E-state index is 0.387. The van der Waals surface area contributed by atoms with E-state index in [2.05, 4.69) is 4.74 Å². The first-order valence-electron chi connectivity index (χ1n) is 5.38. The lowest BCUT2D eigenvalue weighted by Crippen LogP contribution is -2.00. The van der Waals surface area contributed by atoms with Gasteiger partial charge in [0.25, 0.3) is 0 Å². The molecule has 1 aromatic carbocycles. The van der Waals surface area contributed by atoms with Crippen molar-refractivity contribution in [1.29, 1.82) is 0 Å². The van der Waals surface area contributed by atoms with Gasteiger partial charge >= 0.3 is 5.97 Å². The number of aliphatic hydroxyl groups excluding tert-OH is 1. The number of hydrogen-bond donors (Lipinski definition) is 1. The van der Waals surface area contributed by atoms with Crippen LogP contribution in [0.1, 0.15) is 12.0 Å². The molecule has 0 radical (unpaired) electrons. The zero-order chi connectivity index (χ0) is 12.5. The summed E-state index contributed by atoms with van der Waals surface area (Å²) >= 11 is 0. The molecule has 0 fully saturated rings. The van der Waals surface area contributed by atoms with E-state index in [1.807, 2.05) is 36.4 Å². The van der Waals surface area contributed by atoms with E-state index in [1.54, 1.807) is 12.2 Å². The van der Waals surface area contributed by atoms with Gasteiger partial charge in [-0.25, -0.2) is 4.79 Å². The molecule has 0 aliphatic carbocycles. The fourth-order valence-corrected chi connectivity index (χ4v) is 1.24. The van der Waals surface area contributed by atoms with Crippen molar-refractivity contribution in [3.05, 3.63) is 54.1 Å². The summed E-state index contributed by atoms with van der Waals surface area (Å²) in [4.78, 5) is 10.8. The third-order valence-corrected chi connectivity index (χ3v) is 2.14. The zero-order valence-electron chi connectivity index (χ0n) is 9.74. The predicted molar refractivity (Wildman–Crippen MR) is 67.3 cm³/mol. The lowest BCUT2D eigenvalue weighted by molar-refractivity contribution is -0.134. The maximum Gasteiger partial charge on any atom is 0.330 e. The number of esters is 1. The highest BCUT2D eigenvalue weighted by atomic mass is 16.5. The van der Waals surface area contributed by atoms with E-state index in [1.165, 1.54) is 13.2 Å². The van der Waals surface area contributed by atoms with Crippen LogP contribution in [0.5, 0.6) is 0 Å². The van der Waals surface area contributed by atoms with Gasteiger partial charge in [-0.1, -0.05) is 48.6 Å². The van der Waals surface area contributed by atoms with Crippen LogP contribution < -0.4 is 0 Å². The summed E-state index contributed by atoms with van der Waals surface area (Å²) in [6.45, 7) is 0. The largest absolute Gasteiger partial charge is 0.466 e. The quantitative estimate of drug-likeness (QED) is 0.625. The minimum Gasteiger partial charge on any atom is -0.466 e. The van der Waals surface area contributed by atoms with Crippen molar-refractivity contribution in [2.24, 2.45) is 0 Å². The molecule has 0 saturated heterocycles. The van der Waals surface area contributed by atoms with Crippen molar-refractivity contribution in [2.45, 2.75) is 12.5 Å². The number of rotatable bonds is 5. The second-order valence-electron chi connectivity index (χ2n) is 3.50. The van der Waals surface area contributed by atoms with Crippen LogP contribution in [0.4, 0.5) is 0 Å². The van der Waals surface area contributed by atoms with Gasteiger partial charge in [0.05, 0.1) is 13.2 Å². The normalized spacial score (nSPS) is 13.1. The fourth-order valence-electron chi connectivity index (χ4n) is 1.24. The molecule has 3 nitrogen and oxygen atoms in total. The second kappa shape index (κ2) is 7.41. The maximum atomic E-state index is 10.8. The van der Waals surface area contributed by atoms with E-state index < -0.39 is 12.1 Å². The molecule has 90 valence electrons. The molecule has 17 heavy (non-hydrogen) atoms. The molecule has 1 atom stereocenters. The van der Waals surface area contributed by atoms with Gasteiger partial charge in [-0.2, -0.15) is 0 Å². The number of benzene rings is 1. The van der Waals surface area contributed by atoms with Crippen LogP contribution in [0.2, 0.25) is 0 Å². The van der Waals surface area contributed by atoms with Crippen molar-refractivity contribution >= 4 is 12.0 Å². The van der Waals surface area contributed by atoms with E-state index in [-0.39, 0.29) is 0 Å². The van der Waals surface area contributed by atoms with Crippen LogP contribution in [0, 0.1) is 0 Å². The van der Waals surface area contributed by atoms with E-state index in [9.17, 15) is 9.90 Å². The monoisotopic (exact) mass is 232 g/mol. The predicted octanol–water partition coefficient (Wildman–Crippen LogP) is 2.18. The molecular formula is C14H16O3. The van der Waals surface area contributed by atoms with Gasteiger partial charge < -0.3 is 9.84 Å². The van der Waals surface area contributed by atoms with E-state index in [0.717, 1.165) is 5.56 Å². The van der Waals surface area contributed by atoms with E-state index >= 15 is 0 Å². The van der Waals surface area contributed by atoms with Crippen molar-refractivity contribution in [1.82, 2.24) is 0 Å². The summed E-state index contributed by atoms with van der Waals surface area (Å²) in [5.41, 5.74) is 1.03. The highest BCUT2D eigenvalue weighted by Gasteiger charge is 1.96. The van der Waals surface area contributed by atoms with Gasteiger partial charge in [-0.15, -0.1) is 0 Å². The van der Waals surface area contributed by atoms with Crippen LogP contribution in [0.3, 0.4) is 0 Å². The molecule has 0 aliphatic heterocycles. The van der Waals surface area contributed by atoms with Crippen molar-refractivity contribution in [3.8, 4) is 0 Å². The van der Waals surface area contributed by atoms with Gasteiger partial charge in [-0.3, -0.25) is 0 Å². The van der Waals surface area contributed by atoms with Crippen molar-refractivity contribution in [3.63, 3.8) is 0 Å². The highest BCUT2D eigenvalue weighted by molar-refractivity contribution is 5.81. The fraction of sp³-hybridized carbons (Fsp3) is 0.214. The van der Waals surface area contributed by atoms with Crippen LogP contribution in [-0.4, -0.2) is 24.3 Å². The number of carbonyl (C=O) groups excluding carboxylic acids is 1. The Kier molecular flexibility index (Phi) is 5.75. The van der Waals surface area contributed by atoms with Gasteiger partial charge in [0, 0.05) is 6.08 Å². The highest BCUT2D eigenvalue weighted by Crippen LogP contribution is 2.04. The molecule has 0 aliphatic rings. The molecule has 0 saturated carbocycles. The van der Waals surface area contributed by atoms with Gasteiger partial charge in [0.15, 0.2) is 0 Å². The van der Waals surface area contributed by atoms with Crippen LogP contribution in [0.25, 0.3) is 6.08 Å². The zero-order valence-corrected chi connectivity index (χ0v) is 9.74. The van der Waals surface area contributed by atoms with Gasteiger partial charge in [0.1, 0.15) is 0 Å². The second-order valence-corrected chi connectivity index (χ2v) is 3.50. The molecule has 1 aromatic rings. The lowest BCUT2D eigenvalue weighted by Gasteiger charge is -2.00. The van der Waals surface area contributed by atoms with Crippen molar-refractivity contribution in [2.75, 3.05) is 7.11 Å². The summed E-state index contributed by atoms with van der Waals surface area (Å²) in [7, 11) is 1.32. The standard InChI is InChI=1S/C14H16O3/c1-17-14(16)9-5-8-13(15)11-10-12-6-3-2-4-7-12/h2-7,9-11,13,15H,8H2,1H3/b9-5+,11-10+/t13-/m1/s1. The summed E-state index contributed by atoms with van der Waals surface area (Å²) in [5, 5.41) is 9.61. The molecule has 1 rings (SSSR count). The molecule has 0 spiro atoms. The van der Waals surface area contributed by atoms with Crippen LogP contribution in [0.15, 0.2) is 48.6 Å². The average Bonchev–Trinajstić information content (AvgIpc) is 2.37. The minimum atomic E-state index is -0.601. The Bertz CT molecular complexity index is 393. The SMILES string of the molecule is COC(=O)/C=C/C[C@@H](O)/C=C/c1ccccc1.